The van der Waals surface area contributed by atoms with Crippen molar-refractivity contribution < 1.29 is 8.42 Å². The number of benzene rings is 3. The third kappa shape index (κ3) is 4.93. The van der Waals surface area contributed by atoms with Crippen molar-refractivity contribution in [2.45, 2.75) is 29.1 Å². The Morgan fingerprint density at radius 3 is 2.19 bits per heavy atom. The minimum absolute atomic E-state index is 0.193. The van der Waals surface area contributed by atoms with Gasteiger partial charge in [0.2, 0.25) is 10.0 Å². The first-order valence-electron chi connectivity index (χ1n) is 10.2. The van der Waals surface area contributed by atoms with Crippen LogP contribution in [0.1, 0.15) is 22.2 Å². The van der Waals surface area contributed by atoms with Crippen molar-refractivity contribution in [2.75, 3.05) is 6.54 Å². The van der Waals surface area contributed by atoms with Gasteiger partial charge in [0.25, 0.3) is 0 Å². The molecule has 32 heavy (non-hydrogen) atoms. The Morgan fingerprint density at radius 2 is 1.50 bits per heavy atom. The highest BCUT2D eigenvalue weighted by Gasteiger charge is 2.22. The Kier molecular flexibility index (Phi) is 6.74. The Labute approximate surface area is 192 Å². The lowest BCUT2D eigenvalue weighted by Gasteiger charge is -2.19. The normalized spacial score (nSPS) is 12.6. The largest absolute Gasteiger partial charge is 0.274 e. The molecule has 4 aromatic rings. The molecule has 6 nitrogen and oxygen atoms in total. The van der Waals surface area contributed by atoms with E-state index in [1.807, 2.05) is 73.0 Å². The fraction of sp³-hybridized carbons (Fsp3) is 0.167. The van der Waals surface area contributed by atoms with Gasteiger partial charge >= 0.3 is 0 Å². The summed E-state index contributed by atoms with van der Waals surface area (Å²) in [6.45, 7) is 4.18. The number of aromatic nitrogens is 3. The molecule has 0 aliphatic rings. The summed E-state index contributed by atoms with van der Waals surface area (Å²) in [6.07, 6.45) is 0. The number of sulfonamides is 1. The zero-order valence-corrected chi connectivity index (χ0v) is 19.5. The fourth-order valence-corrected chi connectivity index (χ4v) is 5.71. The highest BCUT2D eigenvalue weighted by molar-refractivity contribution is 7.99. The van der Waals surface area contributed by atoms with Crippen LogP contribution in [0, 0.1) is 13.8 Å². The number of rotatable bonds is 8. The van der Waals surface area contributed by atoms with Gasteiger partial charge in [0.15, 0.2) is 5.16 Å². The number of thioether (sulfide) groups is 1. The number of aryl methyl sites for hydroxylation is 2. The first-order valence-corrected chi connectivity index (χ1v) is 12.6. The van der Waals surface area contributed by atoms with Crippen LogP contribution in [0.15, 0.2) is 95.0 Å². The third-order valence-electron chi connectivity index (χ3n) is 5.08. The standard InChI is InChI=1S/C24H24N4O2S2/c1-18-11-9-10-16-22(18)28-19(2)26-27-24(28)31-23(20-12-5-3-6-13-20)17-25-32(29,30)21-14-7-4-8-15-21/h3-16,23,25H,17H2,1-2H3/t23-/m1/s1. The van der Waals surface area contributed by atoms with Crippen molar-refractivity contribution in [3.63, 3.8) is 0 Å². The van der Waals surface area contributed by atoms with Crippen LogP contribution in [-0.2, 0) is 10.0 Å². The van der Waals surface area contributed by atoms with Gasteiger partial charge in [0, 0.05) is 6.54 Å². The van der Waals surface area contributed by atoms with E-state index in [9.17, 15) is 8.42 Å². The summed E-state index contributed by atoms with van der Waals surface area (Å²) in [5, 5.41) is 9.21. The van der Waals surface area contributed by atoms with Gasteiger partial charge in [-0.05, 0) is 43.2 Å². The third-order valence-corrected chi connectivity index (χ3v) is 7.72. The average molecular weight is 465 g/mol. The molecule has 1 heterocycles. The number of para-hydroxylation sites is 1. The highest BCUT2D eigenvalue weighted by Crippen LogP contribution is 2.36. The highest BCUT2D eigenvalue weighted by atomic mass is 32.2. The van der Waals surface area contributed by atoms with E-state index in [4.69, 9.17) is 0 Å². The summed E-state index contributed by atoms with van der Waals surface area (Å²) >= 11 is 1.49. The van der Waals surface area contributed by atoms with Crippen LogP contribution in [0.5, 0.6) is 0 Å². The topological polar surface area (TPSA) is 76.9 Å². The molecule has 0 bridgehead atoms. The molecule has 0 aliphatic heterocycles. The molecule has 0 saturated heterocycles. The molecule has 0 unspecified atom stereocenters. The van der Waals surface area contributed by atoms with E-state index < -0.39 is 10.0 Å². The van der Waals surface area contributed by atoms with E-state index in [1.54, 1.807) is 30.3 Å². The van der Waals surface area contributed by atoms with Gasteiger partial charge in [-0.3, -0.25) is 4.57 Å². The molecule has 8 heteroatoms. The van der Waals surface area contributed by atoms with Crippen molar-refractivity contribution >= 4 is 21.8 Å². The smallest absolute Gasteiger partial charge is 0.240 e. The predicted molar refractivity (Wildman–Crippen MR) is 128 cm³/mol. The Hall–Kier alpha value is -2.94. The molecule has 4 rings (SSSR count). The Bertz CT molecular complexity index is 1290. The lowest BCUT2D eigenvalue weighted by molar-refractivity contribution is 0.581. The molecule has 1 N–H and O–H groups in total. The SMILES string of the molecule is Cc1ccccc1-n1c(C)nnc1S[C@H](CNS(=O)(=O)c1ccccc1)c1ccccc1. The molecule has 0 radical (unpaired) electrons. The summed E-state index contributed by atoms with van der Waals surface area (Å²) in [7, 11) is -3.63. The van der Waals surface area contributed by atoms with E-state index >= 15 is 0 Å². The summed E-state index contributed by atoms with van der Waals surface area (Å²) in [4.78, 5) is 0.246. The number of nitrogens with one attached hydrogen (secondary N) is 1. The molecular formula is C24H24N4O2S2. The molecule has 164 valence electrons. The lowest BCUT2D eigenvalue weighted by atomic mass is 10.1. The lowest BCUT2D eigenvalue weighted by Crippen LogP contribution is -2.27. The second kappa shape index (κ2) is 9.68. The van der Waals surface area contributed by atoms with Gasteiger partial charge in [-0.25, -0.2) is 13.1 Å². The number of hydrogen-bond acceptors (Lipinski definition) is 5. The van der Waals surface area contributed by atoms with Crippen LogP contribution in [0.4, 0.5) is 0 Å². The Morgan fingerprint density at radius 1 is 0.875 bits per heavy atom. The molecule has 0 aliphatic carbocycles. The van der Waals surface area contributed by atoms with Gasteiger partial charge in [-0.1, -0.05) is 78.5 Å². The van der Waals surface area contributed by atoms with Crippen LogP contribution < -0.4 is 4.72 Å². The van der Waals surface area contributed by atoms with Crippen LogP contribution in [0.25, 0.3) is 5.69 Å². The van der Waals surface area contributed by atoms with Crippen molar-refractivity contribution in [3.8, 4) is 5.69 Å². The molecule has 0 amide bonds. The maximum Gasteiger partial charge on any atom is 0.240 e. The van der Waals surface area contributed by atoms with Crippen LogP contribution >= 0.6 is 11.8 Å². The van der Waals surface area contributed by atoms with Crippen LogP contribution in [0.2, 0.25) is 0 Å². The van der Waals surface area contributed by atoms with Gasteiger partial charge in [-0.15, -0.1) is 10.2 Å². The summed E-state index contributed by atoms with van der Waals surface area (Å²) in [6, 6.07) is 26.3. The van der Waals surface area contributed by atoms with Crippen LogP contribution in [0.3, 0.4) is 0 Å². The maximum atomic E-state index is 12.8. The molecular weight excluding hydrogens is 440 g/mol. The van der Waals surface area contributed by atoms with E-state index in [0.29, 0.717) is 5.16 Å². The van der Waals surface area contributed by atoms with Crippen molar-refractivity contribution in [1.29, 1.82) is 0 Å². The molecule has 1 aromatic heterocycles. The van der Waals surface area contributed by atoms with E-state index in [-0.39, 0.29) is 16.7 Å². The van der Waals surface area contributed by atoms with Gasteiger partial charge < -0.3 is 0 Å². The molecule has 0 fully saturated rings. The minimum Gasteiger partial charge on any atom is -0.274 e. The number of nitrogens with zero attached hydrogens (tertiary/aromatic N) is 3. The Balaban J connectivity index is 1.65. The van der Waals surface area contributed by atoms with E-state index in [2.05, 4.69) is 14.9 Å². The quantitative estimate of drug-likeness (QED) is 0.383. The van der Waals surface area contributed by atoms with E-state index in [1.165, 1.54) is 11.8 Å². The van der Waals surface area contributed by atoms with Gasteiger partial charge in [0.1, 0.15) is 5.82 Å². The summed E-state index contributed by atoms with van der Waals surface area (Å²) in [5.41, 5.74) is 3.12. The maximum absolute atomic E-state index is 12.8. The van der Waals surface area contributed by atoms with Crippen molar-refractivity contribution in [1.82, 2.24) is 19.5 Å². The average Bonchev–Trinajstić information content (AvgIpc) is 3.18. The van der Waals surface area contributed by atoms with Crippen molar-refractivity contribution in [2.24, 2.45) is 0 Å². The summed E-state index contributed by atoms with van der Waals surface area (Å²) < 4.78 is 30.4. The van der Waals surface area contributed by atoms with Crippen molar-refractivity contribution in [3.05, 3.63) is 102 Å². The fourth-order valence-electron chi connectivity index (χ4n) is 3.40. The summed E-state index contributed by atoms with van der Waals surface area (Å²) in [5.74, 6) is 0.776. The first kappa shape index (κ1) is 22.3. The zero-order chi connectivity index (χ0) is 22.6. The van der Waals surface area contributed by atoms with Gasteiger partial charge in [-0.2, -0.15) is 0 Å². The monoisotopic (exact) mass is 464 g/mol. The van der Waals surface area contributed by atoms with Gasteiger partial charge in [0.05, 0.1) is 15.8 Å². The second-order valence-corrected chi connectivity index (χ2v) is 10.3. The molecule has 0 saturated carbocycles. The van der Waals surface area contributed by atoms with E-state index in [0.717, 1.165) is 22.6 Å². The predicted octanol–water partition coefficient (Wildman–Crippen LogP) is 4.70. The second-order valence-electron chi connectivity index (χ2n) is 7.33. The molecule has 0 spiro atoms. The first-order chi connectivity index (χ1) is 15.5. The number of hydrogen-bond donors (Lipinski definition) is 1. The zero-order valence-electron chi connectivity index (χ0n) is 17.8. The minimum atomic E-state index is -3.63. The van der Waals surface area contributed by atoms with Crippen LogP contribution in [-0.4, -0.2) is 29.7 Å². The molecule has 1 atom stereocenters. The molecule has 3 aromatic carbocycles.